The Hall–Kier alpha value is -2.21. The summed E-state index contributed by atoms with van der Waals surface area (Å²) in [5.41, 5.74) is 1.44. The second kappa shape index (κ2) is 5.53. The molecule has 0 spiro atoms. The Morgan fingerprint density at radius 1 is 1.32 bits per heavy atom. The minimum absolute atomic E-state index is 0.111. The van der Waals surface area contributed by atoms with Gasteiger partial charge in [0.25, 0.3) is 5.56 Å². The van der Waals surface area contributed by atoms with Crippen molar-refractivity contribution in [3.63, 3.8) is 0 Å². The molecule has 2 aromatic heterocycles. The summed E-state index contributed by atoms with van der Waals surface area (Å²) in [6.07, 6.45) is 1.59. The van der Waals surface area contributed by atoms with E-state index in [1.54, 1.807) is 35.4 Å². The number of fused-ring (bicyclic) bond motifs is 1. The minimum Gasteiger partial charge on any atom is -0.496 e. The van der Waals surface area contributed by atoms with Crippen molar-refractivity contribution in [3.05, 3.63) is 50.5 Å². The first-order valence-electron chi connectivity index (χ1n) is 7.00. The van der Waals surface area contributed by atoms with Crippen molar-refractivity contribution in [2.45, 2.75) is 26.8 Å². The van der Waals surface area contributed by atoms with Crippen molar-refractivity contribution < 1.29 is 4.74 Å². The number of ether oxygens (including phenoxy) is 1. The van der Waals surface area contributed by atoms with Gasteiger partial charge in [0, 0.05) is 4.88 Å². The predicted molar refractivity (Wildman–Crippen MR) is 88.0 cm³/mol. The average molecular weight is 315 g/mol. The largest absolute Gasteiger partial charge is 0.496 e. The van der Waals surface area contributed by atoms with E-state index < -0.39 is 0 Å². The summed E-state index contributed by atoms with van der Waals surface area (Å²) in [5, 5.41) is 1.50. The van der Waals surface area contributed by atoms with E-state index in [9.17, 15) is 4.79 Å². The van der Waals surface area contributed by atoms with Crippen LogP contribution in [0.3, 0.4) is 0 Å². The van der Waals surface area contributed by atoms with Gasteiger partial charge >= 0.3 is 0 Å². The Balaban J connectivity index is 2.22. The van der Waals surface area contributed by atoms with Gasteiger partial charge in [0.2, 0.25) is 0 Å². The highest BCUT2D eigenvalue weighted by atomic mass is 32.1. The van der Waals surface area contributed by atoms with E-state index in [4.69, 9.17) is 4.74 Å². The molecule has 22 heavy (non-hydrogen) atoms. The van der Waals surface area contributed by atoms with Gasteiger partial charge in [-0.25, -0.2) is 9.97 Å². The van der Waals surface area contributed by atoms with Crippen LogP contribution in [-0.4, -0.2) is 21.6 Å². The third-order valence-electron chi connectivity index (χ3n) is 3.75. The van der Waals surface area contributed by atoms with Crippen LogP contribution in [0, 0.1) is 13.8 Å². The standard InChI is InChI=1S/C16H17N3O2S/c1-9(15-10(2)22-11(3)18-15)19-8-17-12-6-5-7-13(21-4)14(12)16(19)20/h5-9H,1-4H3. The molecule has 0 aliphatic carbocycles. The number of benzene rings is 1. The normalized spacial score (nSPS) is 12.5. The van der Waals surface area contributed by atoms with Crippen LogP contribution >= 0.6 is 11.3 Å². The highest BCUT2D eigenvalue weighted by Gasteiger charge is 2.18. The molecule has 0 saturated heterocycles. The van der Waals surface area contributed by atoms with E-state index >= 15 is 0 Å². The number of methoxy groups -OCH3 is 1. The van der Waals surface area contributed by atoms with Gasteiger partial charge in [-0.05, 0) is 32.9 Å². The molecule has 1 aromatic carbocycles. The first-order valence-corrected chi connectivity index (χ1v) is 7.82. The third kappa shape index (κ3) is 2.29. The smallest absolute Gasteiger partial charge is 0.265 e. The van der Waals surface area contributed by atoms with Gasteiger partial charge in [-0.1, -0.05) is 6.07 Å². The number of aromatic nitrogens is 3. The highest BCUT2D eigenvalue weighted by Crippen LogP contribution is 2.26. The number of rotatable bonds is 3. The quantitative estimate of drug-likeness (QED) is 0.745. The fraction of sp³-hybridized carbons (Fsp3) is 0.312. The predicted octanol–water partition coefficient (Wildman–Crippen LogP) is 3.09. The van der Waals surface area contributed by atoms with Crippen molar-refractivity contribution in [1.29, 1.82) is 0 Å². The molecule has 3 rings (SSSR count). The van der Waals surface area contributed by atoms with Gasteiger partial charge in [-0.3, -0.25) is 9.36 Å². The fourth-order valence-electron chi connectivity index (χ4n) is 2.66. The Morgan fingerprint density at radius 3 is 2.73 bits per heavy atom. The summed E-state index contributed by atoms with van der Waals surface area (Å²) < 4.78 is 6.93. The molecule has 0 radical (unpaired) electrons. The average Bonchev–Trinajstić information content (AvgIpc) is 2.85. The van der Waals surface area contributed by atoms with Crippen molar-refractivity contribution in [1.82, 2.24) is 14.5 Å². The molecule has 0 bridgehead atoms. The lowest BCUT2D eigenvalue weighted by Crippen LogP contribution is -2.25. The van der Waals surface area contributed by atoms with Crippen molar-refractivity contribution in [3.8, 4) is 5.75 Å². The van der Waals surface area contributed by atoms with Crippen LogP contribution in [0.15, 0.2) is 29.3 Å². The third-order valence-corrected chi connectivity index (χ3v) is 4.65. The van der Waals surface area contributed by atoms with Crippen LogP contribution in [0.1, 0.15) is 28.5 Å². The van der Waals surface area contributed by atoms with Crippen molar-refractivity contribution in [2.24, 2.45) is 0 Å². The van der Waals surface area contributed by atoms with E-state index in [2.05, 4.69) is 9.97 Å². The number of thiazole rings is 1. The molecule has 0 saturated carbocycles. The topological polar surface area (TPSA) is 57.0 Å². The molecular formula is C16H17N3O2S. The fourth-order valence-corrected chi connectivity index (χ4v) is 3.57. The second-order valence-electron chi connectivity index (χ2n) is 5.16. The van der Waals surface area contributed by atoms with Crippen molar-refractivity contribution in [2.75, 3.05) is 7.11 Å². The first-order chi connectivity index (χ1) is 10.5. The second-order valence-corrected chi connectivity index (χ2v) is 6.57. The molecule has 0 amide bonds. The summed E-state index contributed by atoms with van der Waals surface area (Å²) in [7, 11) is 1.56. The number of nitrogens with zero attached hydrogens (tertiary/aromatic N) is 3. The molecule has 6 heteroatoms. The molecule has 1 atom stereocenters. The summed E-state index contributed by atoms with van der Waals surface area (Å²) in [5.74, 6) is 0.544. The molecule has 3 aromatic rings. The minimum atomic E-state index is -0.167. The Morgan fingerprint density at radius 2 is 2.09 bits per heavy atom. The molecular weight excluding hydrogens is 298 g/mol. The van der Waals surface area contributed by atoms with E-state index in [0.717, 1.165) is 15.6 Å². The molecule has 114 valence electrons. The SMILES string of the molecule is COc1cccc2ncn(C(C)c3nc(C)sc3C)c(=O)c12. The summed E-state index contributed by atoms with van der Waals surface area (Å²) in [6, 6.07) is 5.25. The van der Waals surface area contributed by atoms with E-state index in [-0.39, 0.29) is 11.6 Å². The maximum atomic E-state index is 12.9. The summed E-state index contributed by atoms with van der Waals surface area (Å²) in [4.78, 5) is 22.9. The van der Waals surface area contributed by atoms with E-state index in [0.29, 0.717) is 16.7 Å². The van der Waals surface area contributed by atoms with Gasteiger partial charge in [0.05, 0.1) is 35.7 Å². The van der Waals surface area contributed by atoms with Crippen LogP contribution in [0.4, 0.5) is 0 Å². The van der Waals surface area contributed by atoms with Gasteiger partial charge in [-0.2, -0.15) is 0 Å². The molecule has 1 unspecified atom stereocenters. The van der Waals surface area contributed by atoms with Gasteiger partial charge < -0.3 is 4.74 Å². The summed E-state index contributed by atoms with van der Waals surface area (Å²) >= 11 is 1.64. The van der Waals surface area contributed by atoms with Crippen molar-refractivity contribution >= 4 is 22.2 Å². The zero-order valence-corrected chi connectivity index (χ0v) is 13.8. The summed E-state index contributed by atoms with van der Waals surface area (Å²) in [6.45, 7) is 5.96. The number of hydrogen-bond donors (Lipinski definition) is 0. The van der Waals surface area contributed by atoms with Crippen LogP contribution < -0.4 is 10.3 Å². The first kappa shape index (κ1) is 14.7. The van der Waals surface area contributed by atoms with Crippen LogP contribution in [0.5, 0.6) is 5.75 Å². The zero-order valence-electron chi connectivity index (χ0n) is 13.0. The van der Waals surface area contributed by atoms with Crippen LogP contribution in [0.25, 0.3) is 10.9 Å². The lowest BCUT2D eigenvalue weighted by molar-refractivity contribution is 0.419. The lowest BCUT2D eigenvalue weighted by atomic mass is 10.2. The molecule has 0 N–H and O–H groups in total. The Kier molecular flexibility index (Phi) is 3.70. The molecule has 5 nitrogen and oxygen atoms in total. The van der Waals surface area contributed by atoms with Crippen LogP contribution in [0.2, 0.25) is 0 Å². The number of aryl methyl sites for hydroxylation is 2. The van der Waals surface area contributed by atoms with Gasteiger partial charge in [0.15, 0.2) is 0 Å². The monoisotopic (exact) mass is 315 g/mol. The highest BCUT2D eigenvalue weighted by molar-refractivity contribution is 7.11. The molecule has 0 aliphatic rings. The Labute approximate surface area is 132 Å². The molecule has 0 fully saturated rings. The zero-order chi connectivity index (χ0) is 15.9. The number of hydrogen-bond acceptors (Lipinski definition) is 5. The molecule has 0 aliphatic heterocycles. The van der Waals surface area contributed by atoms with Crippen LogP contribution in [-0.2, 0) is 0 Å². The van der Waals surface area contributed by atoms with E-state index in [1.807, 2.05) is 32.9 Å². The van der Waals surface area contributed by atoms with Gasteiger partial charge in [0.1, 0.15) is 11.1 Å². The van der Waals surface area contributed by atoms with Gasteiger partial charge in [-0.15, -0.1) is 11.3 Å². The maximum absolute atomic E-state index is 12.9. The Bertz CT molecular complexity index is 898. The molecule has 2 heterocycles. The lowest BCUT2D eigenvalue weighted by Gasteiger charge is -2.15. The van der Waals surface area contributed by atoms with E-state index in [1.165, 1.54) is 0 Å². The maximum Gasteiger partial charge on any atom is 0.265 e.